The predicted octanol–water partition coefficient (Wildman–Crippen LogP) is 1.22. The third-order valence-electron chi connectivity index (χ3n) is 3.43. The second kappa shape index (κ2) is 3.35. The summed E-state index contributed by atoms with van der Waals surface area (Å²) in [5.41, 5.74) is 0. The van der Waals surface area contributed by atoms with Crippen LogP contribution in [-0.4, -0.2) is 38.8 Å². The molecule has 0 N–H and O–H groups in total. The second-order valence-electron chi connectivity index (χ2n) is 4.53. The molecule has 0 aromatic carbocycles. The molecule has 1 aliphatic carbocycles. The van der Waals surface area contributed by atoms with Crippen molar-refractivity contribution in [2.75, 3.05) is 33.9 Å². The van der Waals surface area contributed by atoms with E-state index in [1.807, 2.05) is 7.11 Å². The van der Waals surface area contributed by atoms with Gasteiger partial charge in [0, 0.05) is 26.8 Å². The number of methoxy groups -OCH3 is 1. The molecule has 12 heavy (non-hydrogen) atoms. The Balaban J connectivity index is 1.85. The summed E-state index contributed by atoms with van der Waals surface area (Å²) in [5, 5.41) is 0. The molecule has 2 aliphatic rings. The van der Waals surface area contributed by atoms with Crippen molar-refractivity contribution in [2.24, 2.45) is 17.8 Å². The number of hydrogen-bond donors (Lipinski definition) is 0. The van der Waals surface area contributed by atoms with Crippen LogP contribution in [0.15, 0.2) is 0 Å². The number of nitrogens with zero attached hydrogens (tertiary/aromatic N) is 1. The zero-order valence-electron chi connectivity index (χ0n) is 8.12. The van der Waals surface area contributed by atoms with Gasteiger partial charge in [0.2, 0.25) is 0 Å². The van der Waals surface area contributed by atoms with E-state index in [-0.39, 0.29) is 0 Å². The minimum absolute atomic E-state index is 0.860. The maximum Gasteiger partial charge on any atom is 0.0490 e. The van der Waals surface area contributed by atoms with Crippen molar-refractivity contribution < 1.29 is 4.74 Å². The van der Waals surface area contributed by atoms with Crippen LogP contribution >= 0.6 is 0 Å². The minimum Gasteiger partial charge on any atom is -0.384 e. The van der Waals surface area contributed by atoms with Crippen LogP contribution < -0.4 is 0 Å². The van der Waals surface area contributed by atoms with Crippen LogP contribution in [0.4, 0.5) is 0 Å². The molecule has 2 heteroatoms. The number of likely N-dealkylation sites (tertiary alicyclic amines) is 1. The Labute approximate surface area is 74.9 Å². The Kier molecular flexibility index (Phi) is 2.37. The zero-order chi connectivity index (χ0) is 8.55. The SMILES string of the molecule is COCC1CC2CN(C)C[C@@H]2C1. The average molecular weight is 169 g/mol. The standard InChI is InChI=1S/C10H19NO/c1-11-5-9-3-8(7-12-2)4-10(9)6-11/h8-10H,3-7H2,1-2H3/t8?,9-,10?/m0/s1. The fourth-order valence-electron chi connectivity index (χ4n) is 3.03. The van der Waals surface area contributed by atoms with Crippen LogP contribution in [0.5, 0.6) is 0 Å². The summed E-state index contributed by atoms with van der Waals surface area (Å²) in [5.74, 6) is 2.82. The summed E-state index contributed by atoms with van der Waals surface area (Å²) in [6.45, 7) is 3.63. The van der Waals surface area contributed by atoms with Gasteiger partial charge in [-0.15, -0.1) is 0 Å². The highest BCUT2D eigenvalue weighted by Gasteiger charge is 2.39. The molecule has 1 heterocycles. The van der Waals surface area contributed by atoms with Crippen molar-refractivity contribution in [1.82, 2.24) is 4.90 Å². The van der Waals surface area contributed by atoms with Crippen LogP contribution in [0.3, 0.4) is 0 Å². The third-order valence-corrected chi connectivity index (χ3v) is 3.43. The fourth-order valence-corrected chi connectivity index (χ4v) is 3.03. The van der Waals surface area contributed by atoms with Gasteiger partial charge in [-0.2, -0.15) is 0 Å². The number of fused-ring (bicyclic) bond motifs is 1. The lowest BCUT2D eigenvalue weighted by Gasteiger charge is -2.13. The van der Waals surface area contributed by atoms with E-state index >= 15 is 0 Å². The molecule has 1 aliphatic heterocycles. The summed E-state index contributed by atoms with van der Waals surface area (Å²) in [6, 6.07) is 0. The summed E-state index contributed by atoms with van der Waals surface area (Å²) in [7, 11) is 4.06. The Morgan fingerprint density at radius 2 is 1.83 bits per heavy atom. The molecule has 2 unspecified atom stereocenters. The minimum atomic E-state index is 0.860. The molecule has 0 radical (unpaired) electrons. The molecule has 2 nitrogen and oxygen atoms in total. The molecule has 2 fully saturated rings. The van der Waals surface area contributed by atoms with Crippen molar-refractivity contribution in [3.8, 4) is 0 Å². The second-order valence-corrected chi connectivity index (χ2v) is 4.53. The number of ether oxygens (including phenoxy) is 1. The molecule has 1 saturated carbocycles. The van der Waals surface area contributed by atoms with Gasteiger partial charge in [-0.3, -0.25) is 0 Å². The van der Waals surface area contributed by atoms with E-state index in [0.717, 1.165) is 24.4 Å². The first-order valence-corrected chi connectivity index (χ1v) is 4.97. The molecule has 70 valence electrons. The van der Waals surface area contributed by atoms with Gasteiger partial charge >= 0.3 is 0 Å². The predicted molar refractivity (Wildman–Crippen MR) is 49.1 cm³/mol. The molecule has 1 saturated heterocycles. The largest absolute Gasteiger partial charge is 0.384 e. The lowest BCUT2D eigenvalue weighted by atomic mass is 10.0. The van der Waals surface area contributed by atoms with Gasteiger partial charge in [-0.1, -0.05) is 0 Å². The average Bonchev–Trinajstić information content (AvgIpc) is 2.44. The van der Waals surface area contributed by atoms with Crippen molar-refractivity contribution in [3.63, 3.8) is 0 Å². The van der Waals surface area contributed by atoms with E-state index in [2.05, 4.69) is 11.9 Å². The van der Waals surface area contributed by atoms with Crippen molar-refractivity contribution >= 4 is 0 Å². The first-order chi connectivity index (χ1) is 5.79. The van der Waals surface area contributed by atoms with Gasteiger partial charge < -0.3 is 9.64 Å². The lowest BCUT2D eigenvalue weighted by Crippen LogP contribution is -2.17. The first-order valence-electron chi connectivity index (χ1n) is 4.97. The van der Waals surface area contributed by atoms with Crippen LogP contribution in [0, 0.1) is 17.8 Å². The van der Waals surface area contributed by atoms with Crippen molar-refractivity contribution in [1.29, 1.82) is 0 Å². The lowest BCUT2D eigenvalue weighted by molar-refractivity contribution is 0.148. The first kappa shape index (κ1) is 8.52. The monoisotopic (exact) mass is 169 g/mol. The molecule has 0 amide bonds. The van der Waals surface area contributed by atoms with E-state index in [4.69, 9.17) is 4.74 Å². The van der Waals surface area contributed by atoms with E-state index in [1.54, 1.807) is 0 Å². The van der Waals surface area contributed by atoms with Gasteiger partial charge in [0.05, 0.1) is 0 Å². The van der Waals surface area contributed by atoms with Crippen molar-refractivity contribution in [2.45, 2.75) is 12.8 Å². The van der Waals surface area contributed by atoms with Gasteiger partial charge in [0.1, 0.15) is 0 Å². The highest BCUT2D eigenvalue weighted by Crippen LogP contribution is 2.40. The smallest absolute Gasteiger partial charge is 0.0490 e. The summed E-state index contributed by atoms with van der Waals surface area (Å²) in [4.78, 5) is 2.47. The highest BCUT2D eigenvalue weighted by molar-refractivity contribution is 4.90. The third kappa shape index (κ3) is 1.50. The molecule has 0 aromatic heterocycles. The van der Waals surface area contributed by atoms with Crippen molar-refractivity contribution in [3.05, 3.63) is 0 Å². The van der Waals surface area contributed by atoms with Crippen LogP contribution in [0.2, 0.25) is 0 Å². The maximum absolute atomic E-state index is 5.20. The molecular weight excluding hydrogens is 150 g/mol. The Morgan fingerprint density at radius 1 is 1.25 bits per heavy atom. The molecule has 0 spiro atoms. The summed E-state index contributed by atoms with van der Waals surface area (Å²) in [6.07, 6.45) is 2.81. The van der Waals surface area contributed by atoms with E-state index in [0.29, 0.717) is 0 Å². The van der Waals surface area contributed by atoms with E-state index in [1.165, 1.54) is 25.9 Å². The molecule has 2 rings (SSSR count). The van der Waals surface area contributed by atoms with Gasteiger partial charge in [-0.05, 0) is 37.6 Å². The summed E-state index contributed by atoms with van der Waals surface area (Å²) < 4.78 is 5.20. The normalized spacial score (nSPS) is 42.0. The van der Waals surface area contributed by atoms with Gasteiger partial charge in [0.15, 0.2) is 0 Å². The maximum atomic E-state index is 5.20. The molecule has 0 bridgehead atoms. The molecular formula is C10H19NO. The van der Waals surface area contributed by atoms with E-state index < -0.39 is 0 Å². The van der Waals surface area contributed by atoms with Gasteiger partial charge in [-0.25, -0.2) is 0 Å². The zero-order valence-corrected chi connectivity index (χ0v) is 8.12. The Morgan fingerprint density at radius 3 is 2.33 bits per heavy atom. The topological polar surface area (TPSA) is 12.5 Å². The fraction of sp³-hybridized carbons (Fsp3) is 1.00. The Bertz CT molecular complexity index is 146. The summed E-state index contributed by atoms with van der Waals surface area (Å²) >= 11 is 0. The molecule has 0 aromatic rings. The van der Waals surface area contributed by atoms with Crippen LogP contribution in [0.25, 0.3) is 0 Å². The van der Waals surface area contributed by atoms with Crippen LogP contribution in [-0.2, 0) is 4.74 Å². The van der Waals surface area contributed by atoms with Gasteiger partial charge in [0.25, 0.3) is 0 Å². The van der Waals surface area contributed by atoms with Crippen LogP contribution in [0.1, 0.15) is 12.8 Å². The van der Waals surface area contributed by atoms with E-state index in [9.17, 15) is 0 Å². The number of hydrogen-bond acceptors (Lipinski definition) is 2. The molecule has 3 atom stereocenters. The number of rotatable bonds is 2. The Hall–Kier alpha value is -0.0800. The highest BCUT2D eigenvalue weighted by atomic mass is 16.5. The quantitative estimate of drug-likeness (QED) is 0.616.